The molecule has 3 N–H and O–H groups in total. The first kappa shape index (κ1) is 11.6. The van der Waals surface area contributed by atoms with E-state index >= 15 is 0 Å². The summed E-state index contributed by atoms with van der Waals surface area (Å²) < 4.78 is 26.0. The Kier molecular flexibility index (Phi) is 4.22. The lowest BCUT2D eigenvalue weighted by atomic mass is 10.0. The normalized spacial score (nSPS) is 11.7. The molecule has 0 saturated heterocycles. The lowest BCUT2D eigenvalue weighted by Crippen LogP contribution is -2.28. The highest BCUT2D eigenvalue weighted by molar-refractivity contribution is 5.23. The summed E-state index contributed by atoms with van der Waals surface area (Å²) in [6.45, 7) is 1.69. The molecule has 0 fully saturated rings. The molecular formula is C11H12F2N2. The molecule has 0 saturated carbocycles. The predicted molar refractivity (Wildman–Crippen MR) is 54.5 cm³/mol. The van der Waals surface area contributed by atoms with E-state index in [-0.39, 0.29) is 0 Å². The number of halogens is 2. The summed E-state index contributed by atoms with van der Waals surface area (Å²) in [5, 5.41) is 0. The second-order valence-electron chi connectivity index (χ2n) is 3.02. The fraction of sp³-hybridized carbons (Fsp3) is 0.273. The van der Waals surface area contributed by atoms with E-state index in [2.05, 4.69) is 17.3 Å². The van der Waals surface area contributed by atoms with Crippen molar-refractivity contribution in [3.8, 4) is 11.8 Å². The number of benzene rings is 1. The molecule has 0 bridgehead atoms. The number of hydrogen-bond donors (Lipinski definition) is 2. The molecule has 1 rings (SSSR count). The highest BCUT2D eigenvalue weighted by Gasteiger charge is 2.13. The van der Waals surface area contributed by atoms with Gasteiger partial charge in [-0.15, -0.1) is 11.8 Å². The van der Waals surface area contributed by atoms with Gasteiger partial charge in [-0.05, 0) is 13.0 Å². The van der Waals surface area contributed by atoms with Gasteiger partial charge in [0.05, 0.1) is 6.04 Å². The van der Waals surface area contributed by atoms with Crippen molar-refractivity contribution in [3.05, 3.63) is 35.4 Å². The third kappa shape index (κ3) is 3.01. The van der Waals surface area contributed by atoms with Gasteiger partial charge in [0.1, 0.15) is 11.6 Å². The molecule has 0 radical (unpaired) electrons. The second-order valence-corrected chi connectivity index (χ2v) is 3.02. The van der Waals surface area contributed by atoms with Crippen molar-refractivity contribution in [1.82, 2.24) is 5.43 Å². The number of hydrazine groups is 1. The third-order valence-electron chi connectivity index (χ3n) is 2.02. The standard InChI is InChI=1S/C11H12F2N2/c1-2-3-4-11(15-14)9-6-5-8(12)7-10(9)13/h5-7,11,15H,4,14H2,1H3. The van der Waals surface area contributed by atoms with Crippen LogP contribution in [-0.4, -0.2) is 0 Å². The molecule has 0 aliphatic heterocycles. The van der Waals surface area contributed by atoms with Crippen molar-refractivity contribution in [2.45, 2.75) is 19.4 Å². The van der Waals surface area contributed by atoms with Crippen LogP contribution in [0.4, 0.5) is 8.78 Å². The largest absolute Gasteiger partial charge is 0.271 e. The van der Waals surface area contributed by atoms with Gasteiger partial charge in [-0.3, -0.25) is 11.3 Å². The molecule has 0 aromatic heterocycles. The molecule has 0 spiro atoms. The van der Waals surface area contributed by atoms with Crippen LogP contribution >= 0.6 is 0 Å². The van der Waals surface area contributed by atoms with Gasteiger partial charge >= 0.3 is 0 Å². The van der Waals surface area contributed by atoms with Crippen molar-refractivity contribution in [3.63, 3.8) is 0 Å². The Morgan fingerprint density at radius 2 is 2.20 bits per heavy atom. The van der Waals surface area contributed by atoms with E-state index in [0.717, 1.165) is 6.07 Å². The van der Waals surface area contributed by atoms with E-state index in [1.807, 2.05) is 0 Å². The molecule has 0 aliphatic carbocycles. The number of nitrogens with one attached hydrogen (secondary N) is 1. The molecule has 80 valence electrons. The zero-order chi connectivity index (χ0) is 11.3. The smallest absolute Gasteiger partial charge is 0.130 e. The third-order valence-corrected chi connectivity index (χ3v) is 2.02. The summed E-state index contributed by atoms with van der Waals surface area (Å²) in [4.78, 5) is 0. The van der Waals surface area contributed by atoms with Gasteiger partial charge in [-0.2, -0.15) is 0 Å². The van der Waals surface area contributed by atoms with Crippen molar-refractivity contribution >= 4 is 0 Å². The molecule has 2 nitrogen and oxygen atoms in total. The van der Waals surface area contributed by atoms with Crippen LogP contribution < -0.4 is 11.3 Å². The van der Waals surface area contributed by atoms with Crippen LogP contribution in [-0.2, 0) is 0 Å². The summed E-state index contributed by atoms with van der Waals surface area (Å²) in [6, 6.07) is 2.98. The number of nitrogens with two attached hydrogens (primary N) is 1. The van der Waals surface area contributed by atoms with Gasteiger partial charge in [0, 0.05) is 18.1 Å². The van der Waals surface area contributed by atoms with E-state index in [9.17, 15) is 8.78 Å². The highest BCUT2D eigenvalue weighted by Crippen LogP contribution is 2.19. The Bertz CT molecular complexity index is 393. The van der Waals surface area contributed by atoms with E-state index in [1.165, 1.54) is 12.1 Å². The highest BCUT2D eigenvalue weighted by atomic mass is 19.1. The summed E-state index contributed by atoms with van der Waals surface area (Å²) >= 11 is 0. The number of rotatable bonds is 3. The van der Waals surface area contributed by atoms with Gasteiger partial charge in [0.15, 0.2) is 0 Å². The fourth-order valence-corrected chi connectivity index (χ4v) is 1.25. The average molecular weight is 210 g/mol. The first-order valence-electron chi connectivity index (χ1n) is 4.49. The lowest BCUT2D eigenvalue weighted by molar-refractivity contribution is 0.511. The van der Waals surface area contributed by atoms with E-state index < -0.39 is 17.7 Å². The zero-order valence-corrected chi connectivity index (χ0v) is 8.35. The molecule has 15 heavy (non-hydrogen) atoms. The van der Waals surface area contributed by atoms with Gasteiger partial charge in [-0.25, -0.2) is 8.78 Å². The number of hydrogen-bond acceptors (Lipinski definition) is 2. The van der Waals surface area contributed by atoms with Gasteiger partial charge in [0.2, 0.25) is 0 Å². The molecule has 1 atom stereocenters. The average Bonchev–Trinajstić information content (AvgIpc) is 2.21. The van der Waals surface area contributed by atoms with Crippen LogP contribution in [0.15, 0.2) is 18.2 Å². The SMILES string of the molecule is CC#CCC(NN)c1ccc(F)cc1F. The maximum absolute atomic E-state index is 13.3. The fourth-order valence-electron chi connectivity index (χ4n) is 1.25. The molecule has 1 aromatic rings. The van der Waals surface area contributed by atoms with Crippen LogP contribution in [0.2, 0.25) is 0 Å². The van der Waals surface area contributed by atoms with Crippen LogP contribution in [0.25, 0.3) is 0 Å². The van der Waals surface area contributed by atoms with Crippen LogP contribution in [0.5, 0.6) is 0 Å². The van der Waals surface area contributed by atoms with Crippen molar-refractivity contribution in [2.24, 2.45) is 5.84 Å². The Morgan fingerprint density at radius 1 is 1.47 bits per heavy atom. The lowest BCUT2D eigenvalue weighted by Gasteiger charge is -2.13. The zero-order valence-electron chi connectivity index (χ0n) is 8.35. The summed E-state index contributed by atoms with van der Waals surface area (Å²) in [5.74, 6) is 9.53. The first-order chi connectivity index (χ1) is 7.19. The Morgan fingerprint density at radius 3 is 2.73 bits per heavy atom. The Labute approximate surface area is 87.4 Å². The first-order valence-corrected chi connectivity index (χ1v) is 4.49. The molecule has 4 heteroatoms. The Balaban J connectivity index is 2.94. The molecule has 0 heterocycles. The van der Waals surface area contributed by atoms with E-state index in [0.29, 0.717) is 12.0 Å². The molecule has 0 amide bonds. The van der Waals surface area contributed by atoms with Crippen molar-refractivity contribution < 1.29 is 8.78 Å². The summed E-state index contributed by atoms with van der Waals surface area (Å²) in [5.41, 5.74) is 2.77. The van der Waals surface area contributed by atoms with Gasteiger partial charge in [0.25, 0.3) is 0 Å². The minimum absolute atomic E-state index is 0.321. The van der Waals surface area contributed by atoms with E-state index in [1.54, 1.807) is 6.92 Å². The quantitative estimate of drug-likeness (QED) is 0.454. The molecule has 1 aromatic carbocycles. The summed E-state index contributed by atoms with van der Waals surface area (Å²) in [7, 11) is 0. The molecule has 0 aliphatic rings. The topological polar surface area (TPSA) is 38.0 Å². The molecule has 1 unspecified atom stereocenters. The van der Waals surface area contributed by atoms with Crippen LogP contribution in [0.1, 0.15) is 24.9 Å². The van der Waals surface area contributed by atoms with Gasteiger partial charge < -0.3 is 0 Å². The maximum Gasteiger partial charge on any atom is 0.130 e. The summed E-state index contributed by atoms with van der Waals surface area (Å²) in [6.07, 6.45) is 0.384. The van der Waals surface area contributed by atoms with Crippen LogP contribution in [0.3, 0.4) is 0 Å². The van der Waals surface area contributed by atoms with E-state index in [4.69, 9.17) is 5.84 Å². The minimum atomic E-state index is -0.615. The monoisotopic (exact) mass is 210 g/mol. The second kappa shape index (κ2) is 5.44. The maximum atomic E-state index is 13.3. The van der Waals surface area contributed by atoms with Crippen molar-refractivity contribution in [1.29, 1.82) is 0 Å². The van der Waals surface area contributed by atoms with Crippen molar-refractivity contribution in [2.75, 3.05) is 0 Å². The van der Waals surface area contributed by atoms with Crippen LogP contribution in [0, 0.1) is 23.5 Å². The minimum Gasteiger partial charge on any atom is -0.271 e. The Hall–Kier alpha value is -1.44. The van der Waals surface area contributed by atoms with Gasteiger partial charge in [-0.1, -0.05) is 6.07 Å². The predicted octanol–water partition coefficient (Wildman–Crippen LogP) is 1.88. The molecular weight excluding hydrogens is 198 g/mol.